The van der Waals surface area contributed by atoms with Crippen LogP contribution in [0.15, 0.2) is 39.6 Å². The van der Waals surface area contributed by atoms with E-state index in [4.69, 9.17) is 5.11 Å². The second kappa shape index (κ2) is 6.51. The van der Waals surface area contributed by atoms with Crippen molar-refractivity contribution in [3.05, 3.63) is 34.4 Å². The number of hydrogen-bond acceptors (Lipinski definition) is 3. The smallest absolute Gasteiger partial charge is 0.303 e. The second-order valence-electron chi connectivity index (χ2n) is 6.40. The first kappa shape index (κ1) is 16.5. The van der Waals surface area contributed by atoms with Gasteiger partial charge in [-0.2, -0.15) is 0 Å². The first-order valence-electron chi connectivity index (χ1n) is 7.88. The molecule has 0 amide bonds. The number of carbonyl (C=O) groups is 1. The molecule has 120 valence electrons. The van der Waals surface area contributed by atoms with E-state index in [1.807, 2.05) is 0 Å². The van der Waals surface area contributed by atoms with Gasteiger partial charge in [0.2, 0.25) is 0 Å². The summed E-state index contributed by atoms with van der Waals surface area (Å²) in [6.45, 7) is 8.75. The van der Waals surface area contributed by atoms with Crippen molar-refractivity contribution in [2.75, 3.05) is 0 Å². The fourth-order valence-corrected chi connectivity index (χ4v) is 3.70. The summed E-state index contributed by atoms with van der Waals surface area (Å²) in [5.74, 6) is -0.170. The molecule has 4 heteroatoms. The zero-order valence-corrected chi connectivity index (χ0v) is 13.8. The molecule has 0 spiro atoms. The van der Waals surface area contributed by atoms with Crippen molar-refractivity contribution in [1.82, 2.24) is 0 Å². The molecule has 0 bridgehead atoms. The molecule has 0 saturated carbocycles. The molecule has 0 fully saturated rings. The number of oxime groups is 1. The molecule has 3 atom stereocenters. The highest BCUT2D eigenvalue weighted by molar-refractivity contribution is 5.91. The van der Waals surface area contributed by atoms with Crippen LogP contribution in [0, 0.1) is 17.8 Å². The molecule has 0 heterocycles. The number of carboxylic acids is 1. The third-order valence-electron chi connectivity index (χ3n) is 5.36. The van der Waals surface area contributed by atoms with Gasteiger partial charge in [0.05, 0.1) is 12.1 Å². The van der Waals surface area contributed by atoms with E-state index in [2.05, 4.69) is 45.0 Å². The standard InChI is InChI=1S/C18H25NO3/c1-10-11(2)13(4)18-14(12(10)3)6-5-7-15(18)16(19-22)8-9-17(20)21/h5-6,12-13,15,22H,7-9H2,1-4H3,(H,20,21)/b19-16+. The van der Waals surface area contributed by atoms with Gasteiger partial charge in [-0.3, -0.25) is 4.79 Å². The highest BCUT2D eigenvalue weighted by Gasteiger charge is 2.35. The molecular formula is C18H25NO3. The van der Waals surface area contributed by atoms with E-state index in [0.717, 1.165) is 6.42 Å². The molecule has 2 rings (SSSR count). The third kappa shape index (κ3) is 2.87. The van der Waals surface area contributed by atoms with Gasteiger partial charge >= 0.3 is 5.97 Å². The Kier molecular flexibility index (Phi) is 4.89. The fourth-order valence-electron chi connectivity index (χ4n) is 3.70. The highest BCUT2D eigenvalue weighted by atomic mass is 16.4. The summed E-state index contributed by atoms with van der Waals surface area (Å²) in [6.07, 6.45) is 5.38. The zero-order valence-electron chi connectivity index (χ0n) is 13.8. The number of aliphatic carboxylic acids is 1. The lowest BCUT2D eigenvalue weighted by Crippen LogP contribution is -2.29. The van der Waals surface area contributed by atoms with E-state index in [1.54, 1.807) is 0 Å². The van der Waals surface area contributed by atoms with Crippen LogP contribution in [-0.2, 0) is 4.79 Å². The minimum atomic E-state index is -0.862. The summed E-state index contributed by atoms with van der Waals surface area (Å²) in [6, 6.07) is 0. The quantitative estimate of drug-likeness (QED) is 0.354. The van der Waals surface area contributed by atoms with Gasteiger partial charge in [0.25, 0.3) is 0 Å². The molecule has 0 aromatic heterocycles. The Balaban J connectivity index is 2.37. The van der Waals surface area contributed by atoms with Gasteiger partial charge < -0.3 is 10.3 Å². The van der Waals surface area contributed by atoms with E-state index in [0.29, 0.717) is 24.0 Å². The van der Waals surface area contributed by atoms with Crippen LogP contribution in [-0.4, -0.2) is 22.0 Å². The van der Waals surface area contributed by atoms with Crippen LogP contribution >= 0.6 is 0 Å². The maximum absolute atomic E-state index is 10.8. The van der Waals surface area contributed by atoms with E-state index >= 15 is 0 Å². The van der Waals surface area contributed by atoms with Gasteiger partial charge in [0, 0.05) is 18.3 Å². The summed E-state index contributed by atoms with van der Waals surface area (Å²) in [5, 5.41) is 21.7. The van der Waals surface area contributed by atoms with Crippen molar-refractivity contribution < 1.29 is 15.1 Å². The highest BCUT2D eigenvalue weighted by Crippen LogP contribution is 2.45. The van der Waals surface area contributed by atoms with E-state index in [9.17, 15) is 10.0 Å². The Morgan fingerprint density at radius 1 is 1.23 bits per heavy atom. The number of allylic oxidation sites excluding steroid dienone is 6. The van der Waals surface area contributed by atoms with Crippen molar-refractivity contribution in [3.8, 4) is 0 Å². The molecule has 0 aliphatic heterocycles. The minimum absolute atomic E-state index is 0.00000465. The van der Waals surface area contributed by atoms with Crippen LogP contribution in [0.1, 0.15) is 47.0 Å². The Hall–Kier alpha value is -1.84. The predicted molar refractivity (Wildman–Crippen MR) is 87.1 cm³/mol. The molecule has 0 saturated heterocycles. The van der Waals surface area contributed by atoms with Gasteiger partial charge in [-0.1, -0.05) is 47.9 Å². The number of rotatable bonds is 4. The lowest BCUT2D eigenvalue weighted by molar-refractivity contribution is -0.136. The average Bonchev–Trinajstić information content (AvgIpc) is 2.50. The second-order valence-corrected chi connectivity index (χ2v) is 6.40. The van der Waals surface area contributed by atoms with Crippen molar-refractivity contribution >= 4 is 11.7 Å². The molecule has 2 aliphatic rings. The molecular weight excluding hydrogens is 278 g/mol. The van der Waals surface area contributed by atoms with E-state index < -0.39 is 5.97 Å². The molecule has 4 nitrogen and oxygen atoms in total. The zero-order chi connectivity index (χ0) is 16.4. The fraction of sp³-hybridized carbons (Fsp3) is 0.556. The molecule has 0 aromatic rings. The lowest BCUT2D eigenvalue weighted by Gasteiger charge is -2.38. The Bertz CT molecular complexity index is 595. The third-order valence-corrected chi connectivity index (χ3v) is 5.36. The maximum atomic E-state index is 10.8. The first-order valence-corrected chi connectivity index (χ1v) is 7.88. The van der Waals surface area contributed by atoms with E-state index in [-0.39, 0.29) is 12.3 Å². The first-order chi connectivity index (χ1) is 10.4. The van der Waals surface area contributed by atoms with Crippen LogP contribution < -0.4 is 0 Å². The normalized spacial score (nSPS) is 28.9. The SMILES string of the molecule is CC1=C(C)C(C)C2=C(C=CCC2/C(CCC(=O)O)=N/O)C1C. The summed E-state index contributed by atoms with van der Waals surface area (Å²) in [7, 11) is 0. The van der Waals surface area contributed by atoms with Crippen LogP contribution in [0.5, 0.6) is 0 Å². The maximum Gasteiger partial charge on any atom is 0.303 e. The number of nitrogens with zero attached hydrogens (tertiary/aromatic N) is 1. The topological polar surface area (TPSA) is 69.9 Å². The number of hydrogen-bond donors (Lipinski definition) is 2. The lowest BCUT2D eigenvalue weighted by atomic mass is 9.67. The van der Waals surface area contributed by atoms with Gasteiger partial charge in [-0.25, -0.2) is 0 Å². The van der Waals surface area contributed by atoms with Gasteiger partial charge in [-0.05, 0) is 31.8 Å². The molecule has 22 heavy (non-hydrogen) atoms. The van der Waals surface area contributed by atoms with Crippen LogP contribution in [0.3, 0.4) is 0 Å². The van der Waals surface area contributed by atoms with Crippen LogP contribution in [0.4, 0.5) is 0 Å². The van der Waals surface area contributed by atoms with Crippen molar-refractivity contribution in [2.45, 2.75) is 47.0 Å². The van der Waals surface area contributed by atoms with E-state index in [1.165, 1.54) is 22.3 Å². The minimum Gasteiger partial charge on any atom is -0.481 e. The summed E-state index contributed by atoms with van der Waals surface area (Å²) >= 11 is 0. The summed E-state index contributed by atoms with van der Waals surface area (Å²) < 4.78 is 0. The molecule has 3 unspecified atom stereocenters. The van der Waals surface area contributed by atoms with Gasteiger partial charge in [0.15, 0.2) is 0 Å². The van der Waals surface area contributed by atoms with Gasteiger partial charge in [-0.15, -0.1) is 0 Å². The van der Waals surface area contributed by atoms with Crippen LogP contribution in [0.25, 0.3) is 0 Å². The molecule has 0 aromatic carbocycles. The Labute approximate surface area is 131 Å². The summed E-state index contributed by atoms with van der Waals surface area (Å²) in [5.41, 5.74) is 5.98. The Morgan fingerprint density at radius 2 is 1.86 bits per heavy atom. The summed E-state index contributed by atoms with van der Waals surface area (Å²) in [4.78, 5) is 10.8. The molecule has 0 radical (unpaired) electrons. The monoisotopic (exact) mass is 303 g/mol. The largest absolute Gasteiger partial charge is 0.481 e. The Morgan fingerprint density at radius 3 is 2.45 bits per heavy atom. The van der Waals surface area contributed by atoms with Crippen LogP contribution in [0.2, 0.25) is 0 Å². The van der Waals surface area contributed by atoms with Crippen molar-refractivity contribution in [1.29, 1.82) is 0 Å². The molecule has 2 N–H and O–H groups in total. The van der Waals surface area contributed by atoms with Crippen molar-refractivity contribution in [3.63, 3.8) is 0 Å². The predicted octanol–water partition coefficient (Wildman–Crippen LogP) is 4.18. The molecule has 2 aliphatic carbocycles. The van der Waals surface area contributed by atoms with Crippen molar-refractivity contribution in [2.24, 2.45) is 22.9 Å². The number of carboxylic acid groups (broad SMARTS) is 1. The average molecular weight is 303 g/mol. The van der Waals surface area contributed by atoms with Gasteiger partial charge in [0.1, 0.15) is 0 Å².